The number of benzene rings is 3. The summed E-state index contributed by atoms with van der Waals surface area (Å²) in [6.07, 6.45) is -0.374. The first-order valence-corrected chi connectivity index (χ1v) is 11.7. The maximum atomic E-state index is 15.3. The van der Waals surface area contributed by atoms with E-state index in [0.717, 1.165) is 19.3 Å². The van der Waals surface area contributed by atoms with Crippen molar-refractivity contribution in [2.45, 2.75) is 51.8 Å². The van der Waals surface area contributed by atoms with Gasteiger partial charge in [-0.05, 0) is 77.8 Å². The van der Waals surface area contributed by atoms with E-state index in [1.54, 1.807) is 0 Å². The van der Waals surface area contributed by atoms with Gasteiger partial charge in [0, 0.05) is 11.1 Å². The summed E-state index contributed by atoms with van der Waals surface area (Å²) < 4.78 is 114. The van der Waals surface area contributed by atoms with Gasteiger partial charge in [-0.25, -0.2) is 22.0 Å². The van der Waals surface area contributed by atoms with Crippen molar-refractivity contribution in [1.82, 2.24) is 0 Å². The molecule has 1 nitrogen and oxygen atoms in total. The molecule has 9 heteroatoms. The number of aryl methyl sites for hydroxylation is 1. The van der Waals surface area contributed by atoms with Crippen molar-refractivity contribution in [3.63, 3.8) is 0 Å². The first-order chi connectivity index (χ1) is 17.5. The maximum absolute atomic E-state index is 15.3. The van der Waals surface area contributed by atoms with Crippen molar-refractivity contribution in [3.05, 3.63) is 87.7 Å². The van der Waals surface area contributed by atoms with Crippen LogP contribution >= 0.6 is 0 Å². The Morgan fingerprint density at radius 3 is 2.05 bits per heavy atom. The average molecular weight is 526 g/mol. The number of alkyl halides is 3. The molecule has 0 radical (unpaired) electrons. The smallest absolute Gasteiger partial charge is 0.399 e. The van der Waals surface area contributed by atoms with E-state index in [4.69, 9.17) is 0 Å². The summed E-state index contributed by atoms with van der Waals surface area (Å²) in [5.41, 5.74) is 0.669. The van der Waals surface area contributed by atoms with Crippen LogP contribution in [-0.2, 0) is 12.8 Å². The molecule has 0 bridgehead atoms. The van der Waals surface area contributed by atoms with Gasteiger partial charge in [-0.3, -0.25) is 0 Å². The lowest BCUT2D eigenvalue weighted by molar-refractivity contribution is -0.276. The summed E-state index contributed by atoms with van der Waals surface area (Å²) in [6, 6.07) is 6.35. The third kappa shape index (κ3) is 5.81. The van der Waals surface area contributed by atoms with E-state index in [2.05, 4.69) is 4.74 Å². The van der Waals surface area contributed by atoms with Crippen molar-refractivity contribution in [2.75, 3.05) is 0 Å². The quantitative estimate of drug-likeness (QED) is 0.220. The van der Waals surface area contributed by atoms with E-state index >= 15 is 4.39 Å². The third-order valence-electron chi connectivity index (χ3n) is 6.27. The van der Waals surface area contributed by atoms with Crippen LogP contribution in [0.25, 0.3) is 22.8 Å². The van der Waals surface area contributed by atoms with Crippen molar-refractivity contribution in [1.29, 1.82) is 0 Å². The molecular weight excluding hydrogens is 504 g/mol. The van der Waals surface area contributed by atoms with Gasteiger partial charge in [0.2, 0.25) is 5.75 Å². The Morgan fingerprint density at radius 2 is 1.46 bits per heavy atom. The molecule has 0 saturated carbocycles. The van der Waals surface area contributed by atoms with E-state index in [1.807, 2.05) is 6.92 Å². The predicted molar refractivity (Wildman–Crippen MR) is 124 cm³/mol. The van der Waals surface area contributed by atoms with Gasteiger partial charge in [0.1, 0.15) is 17.5 Å². The van der Waals surface area contributed by atoms with E-state index in [-0.39, 0.29) is 35.1 Å². The Morgan fingerprint density at radius 1 is 0.811 bits per heavy atom. The Kier molecular flexibility index (Phi) is 7.62. The molecular formula is C28H22F8O. The summed E-state index contributed by atoms with van der Waals surface area (Å²) in [5.74, 6) is -7.16. The maximum Gasteiger partial charge on any atom is 0.573 e. The number of hydrogen-bond acceptors (Lipinski definition) is 1. The fourth-order valence-electron chi connectivity index (χ4n) is 4.55. The molecule has 3 aromatic rings. The van der Waals surface area contributed by atoms with Gasteiger partial charge >= 0.3 is 6.36 Å². The van der Waals surface area contributed by atoms with Crippen molar-refractivity contribution in [2.24, 2.45) is 0 Å². The van der Waals surface area contributed by atoms with Crippen LogP contribution in [-0.4, -0.2) is 6.36 Å². The first kappa shape index (κ1) is 26.7. The number of unbranched alkanes of at least 4 members (excludes halogenated alkanes) is 2. The lowest BCUT2D eigenvalue weighted by Crippen LogP contribution is -2.19. The molecule has 0 aliphatic heterocycles. The topological polar surface area (TPSA) is 9.23 Å². The molecule has 0 spiro atoms. The van der Waals surface area contributed by atoms with Gasteiger partial charge in [0.05, 0.1) is 0 Å². The summed E-state index contributed by atoms with van der Waals surface area (Å²) in [6.45, 7) is 2.03. The highest BCUT2D eigenvalue weighted by atomic mass is 19.4. The Balaban J connectivity index is 1.66. The summed E-state index contributed by atoms with van der Waals surface area (Å²) in [4.78, 5) is 0. The van der Waals surface area contributed by atoms with Crippen LogP contribution in [0, 0.1) is 29.1 Å². The van der Waals surface area contributed by atoms with E-state index in [0.29, 0.717) is 35.3 Å². The SMILES string of the molecule is CCCCCc1cc(F)c(C2=Cc3ccc(-c4cc(F)c(OC(F)(F)F)c(F)c4)c(F)c3CC2)c(F)c1. The van der Waals surface area contributed by atoms with Gasteiger partial charge in [-0.2, -0.15) is 0 Å². The molecule has 0 amide bonds. The van der Waals surface area contributed by atoms with Gasteiger partial charge in [-0.15, -0.1) is 13.2 Å². The second-order valence-electron chi connectivity index (χ2n) is 8.87. The van der Waals surface area contributed by atoms with Gasteiger partial charge in [-0.1, -0.05) is 38.0 Å². The second-order valence-corrected chi connectivity index (χ2v) is 8.87. The Hall–Kier alpha value is -3.36. The standard InChI is InChI=1S/C28H22F8O/c1-2-3-4-5-15-10-21(29)25(22(30)11-15)17-7-9-19-16(12-17)6-8-20(26(19)33)18-13-23(31)27(24(32)14-18)37-28(34,35)36/h6,8,10-14H,2-5,7,9H2,1H3. The molecule has 4 rings (SSSR count). The number of ether oxygens (including phenoxy) is 1. The predicted octanol–water partition coefficient (Wildman–Crippen LogP) is 9.17. The Bertz CT molecular complexity index is 1310. The molecule has 0 fully saturated rings. The third-order valence-corrected chi connectivity index (χ3v) is 6.27. The van der Waals surface area contributed by atoms with Crippen molar-refractivity contribution >= 4 is 11.6 Å². The highest BCUT2D eigenvalue weighted by Gasteiger charge is 2.34. The minimum Gasteiger partial charge on any atom is -0.399 e. The fourth-order valence-corrected chi connectivity index (χ4v) is 4.55. The minimum atomic E-state index is -5.31. The zero-order valence-electron chi connectivity index (χ0n) is 19.7. The molecule has 0 saturated heterocycles. The second kappa shape index (κ2) is 10.6. The van der Waals surface area contributed by atoms with Crippen LogP contribution in [0.5, 0.6) is 5.75 Å². The molecule has 0 heterocycles. The number of hydrogen-bond donors (Lipinski definition) is 0. The van der Waals surface area contributed by atoms with Crippen LogP contribution in [0.1, 0.15) is 54.9 Å². The molecule has 0 N–H and O–H groups in total. The summed E-state index contributed by atoms with van der Waals surface area (Å²) in [5, 5.41) is 0. The lowest BCUT2D eigenvalue weighted by Gasteiger charge is -2.20. The zero-order chi connectivity index (χ0) is 26.9. The van der Waals surface area contributed by atoms with Crippen molar-refractivity contribution in [3.8, 4) is 16.9 Å². The highest BCUT2D eigenvalue weighted by Crippen LogP contribution is 2.39. The number of halogens is 8. The molecule has 196 valence electrons. The summed E-state index contributed by atoms with van der Waals surface area (Å²) in [7, 11) is 0. The zero-order valence-corrected chi connectivity index (χ0v) is 19.7. The van der Waals surface area contributed by atoms with Crippen molar-refractivity contribution < 1.29 is 39.9 Å². The van der Waals surface area contributed by atoms with Gasteiger partial charge < -0.3 is 4.74 Å². The molecule has 37 heavy (non-hydrogen) atoms. The largest absolute Gasteiger partial charge is 0.573 e. The summed E-state index contributed by atoms with van der Waals surface area (Å²) >= 11 is 0. The van der Waals surface area contributed by atoms with E-state index in [9.17, 15) is 30.7 Å². The number of fused-ring (bicyclic) bond motifs is 1. The van der Waals surface area contributed by atoms with Crippen LogP contribution in [0.4, 0.5) is 35.1 Å². The Labute approximate surface area is 208 Å². The van der Waals surface area contributed by atoms with E-state index < -0.39 is 41.2 Å². The number of rotatable bonds is 7. The van der Waals surface area contributed by atoms with Gasteiger partial charge in [0.25, 0.3) is 0 Å². The molecule has 0 atom stereocenters. The lowest BCUT2D eigenvalue weighted by atomic mass is 9.85. The number of allylic oxidation sites excluding steroid dienone is 1. The highest BCUT2D eigenvalue weighted by molar-refractivity contribution is 5.86. The van der Waals surface area contributed by atoms with Gasteiger partial charge in [0.15, 0.2) is 11.6 Å². The monoisotopic (exact) mass is 526 g/mol. The molecule has 0 aromatic heterocycles. The minimum absolute atomic E-state index is 0.0538. The molecule has 1 aliphatic carbocycles. The van der Waals surface area contributed by atoms with Crippen LogP contribution in [0.15, 0.2) is 36.4 Å². The molecule has 3 aromatic carbocycles. The van der Waals surface area contributed by atoms with Crippen LogP contribution < -0.4 is 4.74 Å². The van der Waals surface area contributed by atoms with Crippen LogP contribution in [0.3, 0.4) is 0 Å². The molecule has 1 aliphatic rings. The first-order valence-electron chi connectivity index (χ1n) is 11.7. The molecule has 0 unspecified atom stereocenters. The normalized spacial score (nSPS) is 13.4. The average Bonchev–Trinajstić information content (AvgIpc) is 2.81. The van der Waals surface area contributed by atoms with Crippen LogP contribution in [0.2, 0.25) is 0 Å². The fraction of sp³-hybridized carbons (Fsp3) is 0.286. The van der Waals surface area contributed by atoms with E-state index in [1.165, 1.54) is 30.3 Å².